The van der Waals surface area contributed by atoms with E-state index in [4.69, 9.17) is 0 Å². The van der Waals surface area contributed by atoms with E-state index in [9.17, 15) is 0 Å². The Kier molecular flexibility index (Phi) is 3.39. The van der Waals surface area contributed by atoms with E-state index in [-0.39, 0.29) is 0 Å². The van der Waals surface area contributed by atoms with Crippen molar-refractivity contribution < 1.29 is 0 Å². The molecule has 2 heterocycles. The number of aromatic nitrogens is 2. The molecule has 110 valence electrons. The Bertz CT molecular complexity index is 619. The van der Waals surface area contributed by atoms with Gasteiger partial charge in [0.25, 0.3) is 0 Å². The molecule has 1 aliphatic carbocycles. The molecule has 4 heteroatoms. The molecule has 2 N–H and O–H groups in total. The lowest BCUT2D eigenvalue weighted by atomic mass is 9.87. The lowest BCUT2D eigenvalue weighted by Crippen LogP contribution is -2.37. The Balaban J connectivity index is 1.40. The molecule has 0 radical (unpaired) electrons. The first kappa shape index (κ1) is 12.9. The first-order valence-electron chi connectivity index (χ1n) is 7.97. The van der Waals surface area contributed by atoms with Crippen molar-refractivity contribution in [2.75, 3.05) is 18.4 Å². The number of fused-ring (bicyclic) bond motifs is 2. The summed E-state index contributed by atoms with van der Waals surface area (Å²) in [5.41, 5.74) is 3.03. The van der Waals surface area contributed by atoms with Crippen molar-refractivity contribution in [1.82, 2.24) is 15.1 Å². The summed E-state index contributed by atoms with van der Waals surface area (Å²) < 4.78 is 2.07. The summed E-state index contributed by atoms with van der Waals surface area (Å²) in [6, 6.07) is 11.5. The van der Waals surface area contributed by atoms with Gasteiger partial charge in [-0.2, -0.15) is 5.10 Å². The quantitative estimate of drug-likeness (QED) is 0.909. The number of hydrogen-bond acceptors (Lipinski definition) is 3. The van der Waals surface area contributed by atoms with Crippen LogP contribution in [0.15, 0.2) is 36.5 Å². The molecule has 0 amide bonds. The minimum atomic E-state index is 0.522. The predicted octanol–water partition coefficient (Wildman–Crippen LogP) is 2.59. The molecule has 2 atom stereocenters. The first-order valence-corrected chi connectivity index (χ1v) is 7.97. The second kappa shape index (κ2) is 5.53. The van der Waals surface area contributed by atoms with Crippen LogP contribution in [-0.4, -0.2) is 22.9 Å². The highest BCUT2D eigenvalue weighted by molar-refractivity contribution is 5.35. The van der Waals surface area contributed by atoms with Gasteiger partial charge in [0, 0.05) is 37.7 Å². The van der Waals surface area contributed by atoms with Crippen LogP contribution in [0.25, 0.3) is 0 Å². The third-order valence-corrected chi connectivity index (χ3v) is 4.74. The average Bonchev–Trinajstić information content (AvgIpc) is 3.00. The molecule has 2 unspecified atom stereocenters. The third-order valence-electron chi connectivity index (χ3n) is 4.74. The zero-order valence-corrected chi connectivity index (χ0v) is 12.3. The fourth-order valence-corrected chi connectivity index (χ4v) is 3.60. The van der Waals surface area contributed by atoms with Crippen LogP contribution in [0, 0.1) is 5.92 Å². The van der Waals surface area contributed by atoms with Crippen molar-refractivity contribution in [3.63, 3.8) is 0 Å². The molecular formula is C17H22N4. The van der Waals surface area contributed by atoms with Gasteiger partial charge in [-0.05, 0) is 30.4 Å². The Morgan fingerprint density at radius 2 is 2.24 bits per heavy atom. The Hall–Kier alpha value is -1.81. The Morgan fingerprint density at radius 1 is 1.29 bits per heavy atom. The van der Waals surface area contributed by atoms with Gasteiger partial charge >= 0.3 is 0 Å². The van der Waals surface area contributed by atoms with E-state index >= 15 is 0 Å². The monoisotopic (exact) mass is 282 g/mol. The normalized spacial score (nSPS) is 24.0. The molecule has 1 aromatic carbocycles. The Morgan fingerprint density at radius 3 is 3.24 bits per heavy atom. The second-order valence-electron chi connectivity index (χ2n) is 6.20. The van der Waals surface area contributed by atoms with Crippen molar-refractivity contribution in [3.05, 3.63) is 47.7 Å². The van der Waals surface area contributed by atoms with Gasteiger partial charge in [-0.1, -0.05) is 24.3 Å². The number of aryl methyl sites for hydroxylation is 1. The standard InChI is InChI=1S/C17H22N4/c1-2-6-15-14(4-1)5-3-7-16(15)18-10-13-11-19-17-8-9-20-21(17)12-13/h1-2,4,6,8-9,13,16,18-19H,3,5,7,10-12H2. The SMILES string of the molecule is c1ccc2c(c1)CCCC2NCC1CNc2ccnn2C1. The number of anilines is 1. The largest absolute Gasteiger partial charge is 0.370 e. The van der Waals surface area contributed by atoms with Gasteiger partial charge in [-0.25, -0.2) is 4.68 Å². The van der Waals surface area contributed by atoms with Crippen molar-refractivity contribution >= 4 is 5.82 Å². The smallest absolute Gasteiger partial charge is 0.124 e. The van der Waals surface area contributed by atoms with E-state index in [0.717, 1.165) is 25.5 Å². The lowest BCUT2D eigenvalue weighted by Gasteiger charge is -2.30. The molecule has 2 aromatic rings. The molecule has 4 rings (SSSR count). The maximum atomic E-state index is 4.36. The number of rotatable bonds is 3. The van der Waals surface area contributed by atoms with Crippen LogP contribution < -0.4 is 10.6 Å². The van der Waals surface area contributed by atoms with Crippen molar-refractivity contribution in [2.24, 2.45) is 5.92 Å². The number of benzene rings is 1. The van der Waals surface area contributed by atoms with Gasteiger partial charge in [-0.15, -0.1) is 0 Å². The van der Waals surface area contributed by atoms with E-state index in [1.165, 1.54) is 30.4 Å². The third kappa shape index (κ3) is 2.56. The molecule has 0 bridgehead atoms. The Labute approximate surface area is 125 Å². The summed E-state index contributed by atoms with van der Waals surface area (Å²) in [6.07, 6.45) is 5.65. The molecule has 0 spiro atoms. The highest BCUT2D eigenvalue weighted by Gasteiger charge is 2.22. The van der Waals surface area contributed by atoms with Gasteiger partial charge in [0.15, 0.2) is 0 Å². The molecule has 1 aliphatic heterocycles. The topological polar surface area (TPSA) is 41.9 Å². The predicted molar refractivity (Wildman–Crippen MR) is 84.3 cm³/mol. The minimum absolute atomic E-state index is 0.522. The summed E-state index contributed by atoms with van der Waals surface area (Å²) in [5, 5.41) is 11.6. The molecule has 0 saturated heterocycles. The highest BCUT2D eigenvalue weighted by atomic mass is 15.3. The highest BCUT2D eigenvalue weighted by Crippen LogP contribution is 2.29. The van der Waals surface area contributed by atoms with Gasteiger partial charge in [0.2, 0.25) is 0 Å². The van der Waals surface area contributed by atoms with Gasteiger partial charge in [0.1, 0.15) is 5.82 Å². The lowest BCUT2D eigenvalue weighted by molar-refractivity contribution is 0.356. The van der Waals surface area contributed by atoms with Crippen LogP contribution in [0.2, 0.25) is 0 Å². The van der Waals surface area contributed by atoms with E-state index in [1.54, 1.807) is 0 Å². The molecule has 4 nitrogen and oxygen atoms in total. The molecule has 1 aromatic heterocycles. The second-order valence-corrected chi connectivity index (χ2v) is 6.20. The number of nitrogens with one attached hydrogen (secondary N) is 2. The fourth-order valence-electron chi connectivity index (χ4n) is 3.60. The van der Waals surface area contributed by atoms with E-state index in [1.807, 2.05) is 12.3 Å². The van der Waals surface area contributed by atoms with Crippen molar-refractivity contribution in [3.8, 4) is 0 Å². The van der Waals surface area contributed by atoms with Crippen molar-refractivity contribution in [1.29, 1.82) is 0 Å². The van der Waals surface area contributed by atoms with Gasteiger partial charge in [-0.3, -0.25) is 0 Å². The summed E-state index contributed by atoms with van der Waals surface area (Å²) in [5.74, 6) is 1.75. The van der Waals surface area contributed by atoms with Gasteiger partial charge in [0.05, 0.1) is 6.20 Å². The maximum Gasteiger partial charge on any atom is 0.124 e. The maximum absolute atomic E-state index is 4.36. The van der Waals surface area contributed by atoms with E-state index in [2.05, 4.69) is 44.7 Å². The molecular weight excluding hydrogens is 260 g/mol. The molecule has 21 heavy (non-hydrogen) atoms. The fraction of sp³-hybridized carbons (Fsp3) is 0.471. The summed E-state index contributed by atoms with van der Waals surface area (Å²) in [7, 11) is 0. The average molecular weight is 282 g/mol. The minimum Gasteiger partial charge on any atom is -0.370 e. The number of hydrogen-bond donors (Lipinski definition) is 2. The zero-order valence-electron chi connectivity index (χ0n) is 12.3. The van der Waals surface area contributed by atoms with Crippen LogP contribution in [0.3, 0.4) is 0 Å². The van der Waals surface area contributed by atoms with Gasteiger partial charge < -0.3 is 10.6 Å². The first-order chi connectivity index (χ1) is 10.4. The van der Waals surface area contributed by atoms with Crippen LogP contribution >= 0.6 is 0 Å². The zero-order chi connectivity index (χ0) is 14.1. The molecule has 2 aliphatic rings. The number of nitrogens with zero attached hydrogens (tertiary/aromatic N) is 2. The van der Waals surface area contributed by atoms with Crippen LogP contribution in [0.1, 0.15) is 30.0 Å². The van der Waals surface area contributed by atoms with E-state index in [0.29, 0.717) is 12.0 Å². The summed E-state index contributed by atoms with van der Waals surface area (Å²) in [6.45, 7) is 3.09. The molecule has 0 saturated carbocycles. The van der Waals surface area contributed by atoms with Crippen LogP contribution in [0.4, 0.5) is 5.82 Å². The summed E-state index contributed by atoms with van der Waals surface area (Å²) >= 11 is 0. The molecule has 0 fully saturated rings. The van der Waals surface area contributed by atoms with Crippen LogP contribution in [-0.2, 0) is 13.0 Å². The van der Waals surface area contributed by atoms with Crippen LogP contribution in [0.5, 0.6) is 0 Å². The van der Waals surface area contributed by atoms with E-state index < -0.39 is 0 Å². The van der Waals surface area contributed by atoms with Crippen molar-refractivity contribution in [2.45, 2.75) is 31.8 Å². The summed E-state index contributed by atoms with van der Waals surface area (Å²) in [4.78, 5) is 0.